The molecule has 2 aromatic heterocycles. The molecular formula is C12H7N2. The minimum absolute atomic E-state index is 0.966. The Kier molecular flexibility index (Phi) is 1.47. The van der Waals surface area contributed by atoms with Crippen LogP contribution in [0.4, 0.5) is 0 Å². The Labute approximate surface area is 81.2 Å². The SMILES string of the molecule is [c]1ccc2cc3ccncc3cc2n1. The first kappa shape index (κ1) is 7.44. The highest BCUT2D eigenvalue weighted by Gasteiger charge is 1.97. The van der Waals surface area contributed by atoms with Crippen molar-refractivity contribution in [2.24, 2.45) is 0 Å². The molecule has 0 bridgehead atoms. The van der Waals surface area contributed by atoms with Crippen LogP contribution in [0.1, 0.15) is 0 Å². The summed E-state index contributed by atoms with van der Waals surface area (Å²) in [5.41, 5.74) is 0.966. The second-order valence-electron chi connectivity index (χ2n) is 3.21. The van der Waals surface area contributed by atoms with Crippen LogP contribution in [0.5, 0.6) is 0 Å². The number of rotatable bonds is 0. The van der Waals surface area contributed by atoms with Crippen molar-refractivity contribution in [1.82, 2.24) is 9.97 Å². The fraction of sp³-hybridized carbons (Fsp3) is 0. The van der Waals surface area contributed by atoms with Crippen LogP contribution in [0.15, 0.2) is 42.7 Å². The van der Waals surface area contributed by atoms with Gasteiger partial charge in [-0.05, 0) is 29.7 Å². The van der Waals surface area contributed by atoms with Crippen LogP contribution < -0.4 is 0 Å². The van der Waals surface area contributed by atoms with Crippen LogP contribution in [-0.2, 0) is 0 Å². The summed E-state index contributed by atoms with van der Waals surface area (Å²) >= 11 is 0. The van der Waals surface area contributed by atoms with Gasteiger partial charge in [0.1, 0.15) is 0 Å². The van der Waals surface area contributed by atoms with E-state index in [4.69, 9.17) is 0 Å². The molecule has 0 spiro atoms. The zero-order chi connectivity index (χ0) is 9.38. The molecular weight excluding hydrogens is 172 g/mol. The Morgan fingerprint density at radius 2 is 2.00 bits per heavy atom. The highest BCUT2D eigenvalue weighted by molar-refractivity contribution is 5.95. The molecule has 3 rings (SSSR count). The van der Waals surface area contributed by atoms with Gasteiger partial charge in [-0.15, -0.1) is 0 Å². The summed E-state index contributed by atoms with van der Waals surface area (Å²) in [4.78, 5) is 8.26. The van der Waals surface area contributed by atoms with Crippen molar-refractivity contribution in [2.45, 2.75) is 0 Å². The normalized spacial score (nSPS) is 10.9. The third kappa shape index (κ3) is 1.04. The number of hydrogen-bond donors (Lipinski definition) is 0. The van der Waals surface area contributed by atoms with E-state index in [1.165, 1.54) is 5.39 Å². The van der Waals surface area contributed by atoms with Gasteiger partial charge in [-0.3, -0.25) is 4.98 Å². The number of pyridine rings is 2. The Balaban J connectivity index is 2.52. The lowest BCUT2D eigenvalue weighted by molar-refractivity contribution is 1.36. The summed E-state index contributed by atoms with van der Waals surface area (Å²) < 4.78 is 0. The average molecular weight is 179 g/mol. The number of fused-ring (bicyclic) bond motifs is 2. The molecule has 0 saturated carbocycles. The van der Waals surface area contributed by atoms with Crippen LogP contribution in [0, 0.1) is 6.20 Å². The fourth-order valence-electron chi connectivity index (χ4n) is 1.61. The van der Waals surface area contributed by atoms with Crippen LogP contribution in [-0.4, -0.2) is 9.97 Å². The second kappa shape index (κ2) is 2.77. The van der Waals surface area contributed by atoms with Gasteiger partial charge < -0.3 is 0 Å². The summed E-state index contributed by atoms with van der Waals surface area (Å²) in [6.07, 6.45) is 6.48. The molecule has 0 aliphatic carbocycles. The molecule has 0 aliphatic heterocycles. The number of hydrogen-bond acceptors (Lipinski definition) is 2. The second-order valence-corrected chi connectivity index (χ2v) is 3.21. The standard InChI is InChI=1S/C12H7N2/c1-2-10-6-9-3-5-13-8-11(9)7-12(10)14-4-1/h1-3,5-8H. The summed E-state index contributed by atoms with van der Waals surface area (Å²) in [7, 11) is 0. The average Bonchev–Trinajstić information content (AvgIpc) is 2.26. The molecule has 0 fully saturated rings. The van der Waals surface area contributed by atoms with E-state index in [0.29, 0.717) is 0 Å². The first-order valence-corrected chi connectivity index (χ1v) is 4.44. The molecule has 2 heterocycles. The first-order valence-electron chi connectivity index (χ1n) is 4.44. The highest BCUT2D eigenvalue weighted by atomic mass is 14.6. The van der Waals surface area contributed by atoms with E-state index in [1.807, 2.05) is 30.5 Å². The summed E-state index contributed by atoms with van der Waals surface area (Å²) in [5, 5.41) is 3.45. The minimum Gasteiger partial charge on any atom is -0.264 e. The van der Waals surface area contributed by atoms with Crippen LogP contribution >= 0.6 is 0 Å². The molecule has 2 nitrogen and oxygen atoms in total. The fourth-order valence-corrected chi connectivity index (χ4v) is 1.61. The largest absolute Gasteiger partial charge is 0.264 e. The van der Waals surface area contributed by atoms with E-state index in [2.05, 4.69) is 22.2 Å². The van der Waals surface area contributed by atoms with Crippen molar-refractivity contribution in [3.63, 3.8) is 0 Å². The van der Waals surface area contributed by atoms with Gasteiger partial charge in [-0.2, -0.15) is 0 Å². The summed E-state index contributed by atoms with van der Waals surface area (Å²) in [6.45, 7) is 0. The Hall–Kier alpha value is -1.96. The van der Waals surface area contributed by atoms with Crippen molar-refractivity contribution in [2.75, 3.05) is 0 Å². The molecule has 0 unspecified atom stereocenters. The molecule has 0 saturated heterocycles. The molecule has 3 aromatic rings. The van der Waals surface area contributed by atoms with Crippen LogP contribution in [0.25, 0.3) is 21.7 Å². The van der Waals surface area contributed by atoms with Crippen molar-refractivity contribution < 1.29 is 0 Å². The predicted molar refractivity (Wildman–Crippen MR) is 55.9 cm³/mol. The molecule has 1 aromatic carbocycles. The first-order chi connectivity index (χ1) is 6.93. The van der Waals surface area contributed by atoms with Crippen LogP contribution in [0.3, 0.4) is 0 Å². The van der Waals surface area contributed by atoms with Gasteiger partial charge in [0.2, 0.25) is 0 Å². The number of aromatic nitrogens is 2. The van der Waals surface area contributed by atoms with Gasteiger partial charge >= 0.3 is 0 Å². The van der Waals surface area contributed by atoms with Crippen LogP contribution in [0.2, 0.25) is 0 Å². The van der Waals surface area contributed by atoms with Crippen molar-refractivity contribution in [3.05, 3.63) is 48.9 Å². The maximum atomic E-state index is 4.18. The molecule has 14 heavy (non-hydrogen) atoms. The monoisotopic (exact) mass is 179 g/mol. The van der Waals surface area contributed by atoms with E-state index < -0.39 is 0 Å². The van der Waals surface area contributed by atoms with E-state index in [9.17, 15) is 0 Å². The van der Waals surface area contributed by atoms with E-state index in [-0.39, 0.29) is 0 Å². The van der Waals surface area contributed by atoms with Gasteiger partial charge in [0.15, 0.2) is 0 Å². The Morgan fingerprint density at radius 1 is 1.00 bits per heavy atom. The van der Waals surface area contributed by atoms with Gasteiger partial charge in [-0.1, -0.05) is 6.07 Å². The van der Waals surface area contributed by atoms with E-state index in [0.717, 1.165) is 16.3 Å². The van der Waals surface area contributed by atoms with Crippen molar-refractivity contribution in [3.8, 4) is 0 Å². The summed E-state index contributed by atoms with van der Waals surface area (Å²) in [5.74, 6) is 0. The Bertz CT molecular complexity index is 497. The van der Waals surface area contributed by atoms with Crippen molar-refractivity contribution >= 4 is 21.7 Å². The van der Waals surface area contributed by atoms with E-state index in [1.54, 1.807) is 6.20 Å². The van der Waals surface area contributed by atoms with Gasteiger partial charge in [0, 0.05) is 23.2 Å². The van der Waals surface area contributed by atoms with Crippen molar-refractivity contribution in [1.29, 1.82) is 0 Å². The minimum atomic E-state index is 0.966. The molecule has 0 amide bonds. The van der Waals surface area contributed by atoms with Gasteiger partial charge in [0.05, 0.1) is 11.7 Å². The molecule has 0 atom stereocenters. The zero-order valence-corrected chi connectivity index (χ0v) is 7.44. The maximum absolute atomic E-state index is 4.18. The topological polar surface area (TPSA) is 25.8 Å². The molecule has 2 heteroatoms. The smallest absolute Gasteiger partial charge is 0.0894 e. The highest BCUT2D eigenvalue weighted by Crippen LogP contribution is 2.19. The third-order valence-corrected chi connectivity index (χ3v) is 2.31. The van der Waals surface area contributed by atoms with Gasteiger partial charge in [-0.25, -0.2) is 4.98 Å². The molecule has 0 aliphatic rings. The summed E-state index contributed by atoms with van der Waals surface area (Å²) in [6, 6.07) is 10.0. The molecule has 1 radical (unpaired) electrons. The third-order valence-electron chi connectivity index (χ3n) is 2.31. The predicted octanol–water partition coefficient (Wildman–Crippen LogP) is 2.58. The lowest BCUT2D eigenvalue weighted by Crippen LogP contribution is -1.80. The lowest BCUT2D eigenvalue weighted by atomic mass is 10.1. The quantitative estimate of drug-likeness (QED) is 0.496. The molecule has 0 N–H and O–H groups in total. The Morgan fingerprint density at radius 3 is 3.00 bits per heavy atom. The molecule has 65 valence electrons. The number of nitrogens with zero attached hydrogens (tertiary/aromatic N) is 2. The lowest BCUT2D eigenvalue weighted by Gasteiger charge is -1.99. The van der Waals surface area contributed by atoms with Gasteiger partial charge in [0.25, 0.3) is 0 Å². The zero-order valence-electron chi connectivity index (χ0n) is 7.44. The maximum Gasteiger partial charge on any atom is 0.0894 e. The number of benzene rings is 1. The van der Waals surface area contributed by atoms with E-state index >= 15 is 0 Å².